The van der Waals surface area contributed by atoms with Gasteiger partial charge in [-0.1, -0.05) is 0 Å². The van der Waals surface area contributed by atoms with E-state index in [1.54, 1.807) is 12.1 Å². The van der Waals surface area contributed by atoms with Crippen molar-refractivity contribution in [2.75, 3.05) is 5.32 Å². The van der Waals surface area contributed by atoms with Crippen LogP contribution in [0, 0.1) is 23.0 Å². The van der Waals surface area contributed by atoms with E-state index < -0.39 is 11.6 Å². The molecule has 1 heterocycles. The Balaban J connectivity index is 2.32. The highest BCUT2D eigenvalue weighted by molar-refractivity contribution is 5.62. The Hall–Kier alpha value is -2.48. The monoisotopic (exact) mass is 231 g/mol. The van der Waals surface area contributed by atoms with Gasteiger partial charge in [-0.25, -0.2) is 13.8 Å². The summed E-state index contributed by atoms with van der Waals surface area (Å²) in [5, 5.41) is 11.6. The minimum atomic E-state index is -0.954. The average Bonchev–Trinajstić information content (AvgIpc) is 2.34. The van der Waals surface area contributed by atoms with E-state index in [-0.39, 0.29) is 0 Å². The van der Waals surface area contributed by atoms with E-state index in [9.17, 15) is 8.78 Å². The van der Waals surface area contributed by atoms with E-state index in [2.05, 4.69) is 10.3 Å². The van der Waals surface area contributed by atoms with Crippen LogP contribution in [0.2, 0.25) is 0 Å². The minimum absolute atomic E-state index is 0.306. The molecule has 0 radical (unpaired) electrons. The molecule has 0 aliphatic heterocycles. The van der Waals surface area contributed by atoms with E-state index in [0.29, 0.717) is 17.1 Å². The standard InChI is InChI=1S/C12H7F2N3/c13-10-4-3-9(6-11(10)14)17-12-8(7-15)2-1-5-16-12/h1-6H,(H,16,17). The highest BCUT2D eigenvalue weighted by atomic mass is 19.2. The van der Waals surface area contributed by atoms with Crippen LogP contribution in [0.4, 0.5) is 20.3 Å². The number of hydrogen-bond acceptors (Lipinski definition) is 3. The molecular weight excluding hydrogens is 224 g/mol. The highest BCUT2D eigenvalue weighted by Gasteiger charge is 2.05. The fourth-order valence-corrected chi connectivity index (χ4v) is 1.31. The van der Waals surface area contributed by atoms with Crippen molar-refractivity contribution < 1.29 is 8.78 Å². The summed E-state index contributed by atoms with van der Waals surface area (Å²) < 4.78 is 25.7. The SMILES string of the molecule is N#Cc1cccnc1Nc1ccc(F)c(F)c1. The van der Waals surface area contributed by atoms with Gasteiger partial charge in [-0.3, -0.25) is 0 Å². The van der Waals surface area contributed by atoms with Crippen LogP contribution in [-0.4, -0.2) is 4.98 Å². The molecule has 0 bridgehead atoms. The second-order valence-corrected chi connectivity index (χ2v) is 3.27. The smallest absolute Gasteiger partial charge is 0.160 e. The second kappa shape index (κ2) is 4.58. The number of pyridine rings is 1. The van der Waals surface area contributed by atoms with Crippen LogP contribution in [-0.2, 0) is 0 Å². The number of nitrogens with one attached hydrogen (secondary N) is 1. The van der Waals surface area contributed by atoms with Gasteiger partial charge in [0.05, 0.1) is 5.56 Å². The quantitative estimate of drug-likeness (QED) is 0.864. The third-order valence-corrected chi connectivity index (χ3v) is 2.11. The van der Waals surface area contributed by atoms with Crippen LogP contribution in [0.15, 0.2) is 36.5 Å². The molecule has 0 aliphatic rings. The summed E-state index contributed by atoms with van der Waals surface area (Å²) in [6.45, 7) is 0. The Morgan fingerprint density at radius 2 is 2.00 bits per heavy atom. The molecule has 5 heteroatoms. The number of anilines is 2. The van der Waals surface area contributed by atoms with Crippen molar-refractivity contribution >= 4 is 11.5 Å². The van der Waals surface area contributed by atoms with Gasteiger partial charge in [0.1, 0.15) is 11.9 Å². The summed E-state index contributed by atoms with van der Waals surface area (Å²) in [7, 11) is 0. The first-order chi connectivity index (χ1) is 8.20. The summed E-state index contributed by atoms with van der Waals surface area (Å²) in [5.74, 6) is -1.57. The summed E-state index contributed by atoms with van der Waals surface area (Å²) in [4.78, 5) is 3.95. The summed E-state index contributed by atoms with van der Waals surface area (Å²) in [6, 6.07) is 8.53. The van der Waals surface area contributed by atoms with Crippen LogP contribution in [0.3, 0.4) is 0 Å². The molecule has 0 saturated heterocycles. The maximum absolute atomic E-state index is 13.0. The summed E-state index contributed by atoms with van der Waals surface area (Å²) in [5.41, 5.74) is 0.663. The van der Waals surface area contributed by atoms with Gasteiger partial charge >= 0.3 is 0 Å². The number of rotatable bonds is 2. The number of nitriles is 1. The first-order valence-electron chi connectivity index (χ1n) is 4.78. The van der Waals surface area contributed by atoms with Crippen LogP contribution < -0.4 is 5.32 Å². The van der Waals surface area contributed by atoms with Crippen molar-refractivity contribution in [3.05, 3.63) is 53.7 Å². The number of benzene rings is 1. The number of halogens is 2. The third-order valence-electron chi connectivity index (χ3n) is 2.11. The fraction of sp³-hybridized carbons (Fsp3) is 0. The molecule has 1 N–H and O–H groups in total. The molecule has 0 fully saturated rings. The number of aromatic nitrogens is 1. The van der Waals surface area contributed by atoms with Gasteiger partial charge in [-0.15, -0.1) is 0 Å². The molecule has 2 aromatic rings. The van der Waals surface area contributed by atoms with Gasteiger partial charge in [0.2, 0.25) is 0 Å². The molecule has 1 aromatic carbocycles. The Morgan fingerprint density at radius 1 is 1.18 bits per heavy atom. The number of hydrogen-bond donors (Lipinski definition) is 1. The molecule has 17 heavy (non-hydrogen) atoms. The molecule has 0 aliphatic carbocycles. The second-order valence-electron chi connectivity index (χ2n) is 3.27. The van der Waals surface area contributed by atoms with E-state index >= 15 is 0 Å². The first kappa shape index (κ1) is 11.0. The topological polar surface area (TPSA) is 48.7 Å². The Bertz CT molecular complexity index is 591. The first-order valence-corrected chi connectivity index (χ1v) is 4.78. The summed E-state index contributed by atoms with van der Waals surface area (Å²) >= 11 is 0. The normalized spacial score (nSPS) is 9.71. The fourth-order valence-electron chi connectivity index (χ4n) is 1.31. The molecule has 1 aromatic heterocycles. The molecule has 3 nitrogen and oxygen atoms in total. The number of nitrogens with zero attached hydrogens (tertiary/aromatic N) is 2. The third kappa shape index (κ3) is 2.37. The Labute approximate surface area is 96.3 Å². The zero-order chi connectivity index (χ0) is 12.3. The van der Waals surface area contributed by atoms with Crippen molar-refractivity contribution in [2.45, 2.75) is 0 Å². The van der Waals surface area contributed by atoms with Gasteiger partial charge in [0.25, 0.3) is 0 Å². The predicted octanol–water partition coefficient (Wildman–Crippen LogP) is 2.98. The lowest BCUT2D eigenvalue weighted by Gasteiger charge is -2.06. The molecule has 2 rings (SSSR count). The van der Waals surface area contributed by atoms with Gasteiger partial charge in [0.15, 0.2) is 11.6 Å². The van der Waals surface area contributed by atoms with Gasteiger partial charge in [-0.05, 0) is 24.3 Å². The van der Waals surface area contributed by atoms with E-state index in [1.807, 2.05) is 6.07 Å². The van der Waals surface area contributed by atoms with Gasteiger partial charge < -0.3 is 5.32 Å². The maximum Gasteiger partial charge on any atom is 0.160 e. The van der Waals surface area contributed by atoms with Crippen LogP contribution >= 0.6 is 0 Å². The molecule has 84 valence electrons. The van der Waals surface area contributed by atoms with Crippen molar-refractivity contribution in [3.63, 3.8) is 0 Å². The summed E-state index contributed by atoms with van der Waals surface area (Å²) in [6.07, 6.45) is 1.50. The van der Waals surface area contributed by atoms with Crippen LogP contribution in [0.5, 0.6) is 0 Å². The van der Waals surface area contributed by atoms with Gasteiger partial charge in [-0.2, -0.15) is 5.26 Å². The lowest BCUT2D eigenvalue weighted by atomic mass is 10.2. The maximum atomic E-state index is 13.0. The van der Waals surface area contributed by atoms with E-state index in [1.165, 1.54) is 12.3 Å². The molecular formula is C12H7F2N3. The highest BCUT2D eigenvalue weighted by Crippen LogP contribution is 2.19. The van der Waals surface area contributed by atoms with Crippen molar-refractivity contribution in [1.82, 2.24) is 4.98 Å². The lowest BCUT2D eigenvalue weighted by Crippen LogP contribution is -1.97. The molecule has 0 spiro atoms. The van der Waals surface area contributed by atoms with Crippen molar-refractivity contribution in [3.8, 4) is 6.07 Å². The average molecular weight is 231 g/mol. The van der Waals surface area contributed by atoms with Crippen molar-refractivity contribution in [1.29, 1.82) is 5.26 Å². The zero-order valence-corrected chi connectivity index (χ0v) is 8.61. The molecule has 0 unspecified atom stereocenters. The van der Waals surface area contributed by atoms with Gasteiger partial charge in [0, 0.05) is 18.0 Å². The van der Waals surface area contributed by atoms with Crippen LogP contribution in [0.1, 0.15) is 5.56 Å². The Kier molecular flexibility index (Phi) is 2.97. The predicted molar refractivity (Wildman–Crippen MR) is 58.6 cm³/mol. The zero-order valence-electron chi connectivity index (χ0n) is 8.61. The molecule has 0 amide bonds. The Morgan fingerprint density at radius 3 is 2.71 bits per heavy atom. The largest absolute Gasteiger partial charge is 0.339 e. The van der Waals surface area contributed by atoms with E-state index in [0.717, 1.165) is 12.1 Å². The van der Waals surface area contributed by atoms with Crippen molar-refractivity contribution in [2.24, 2.45) is 0 Å². The molecule has 0 atom stereocenters. The molecule has 0 saturated carbocycles. The van der Waals surface area contributed by atoms with Crippen LogP contribution in [0.25, 0.3) is 0 Å². The minimum Gasteiger partial charge on any atom is -0.339 e. The lowest BCUT2D eigenvalue weighted by molar-refractivity contribution is 0.509. The van der Waals surface area contributed by atoms with E-state index in [4.69, 9.17) is 5.26 Å².